The van der Waals surface area contributed by atoms with Crippen molar-refractivity contribution in [1.82, 2.24) is 0 Å². The van der Waals surface area contributed by atoms with Crippen LogP contribution in [0.4, 0.5) is 13.2 Å². The van der Waals surface area contributed by atoms with Crippen molar-refractivity contribution < 1.29 is 13.2 Å². The van der Waals surface area contributed by atoms with Crippen LogP contribution < -0.4 is 0 Å². The predicted molar refractivity (Wildman–Crippen MR) is 132 cm³/mol. The van der Waals surface area contributed by atoms with Crippen molar-refractivity contribution in [3.63, 3.8) is 0 Å². The molecule has 0 bridgehead atoms. The second kappa shape index (κ2) is 10.4. The molecule has 3 aromatic rings. The molecule has 0 heterocycles. The lowest BCUT2D eigenvalue weighted by Crippen LogP contribution is -2.11. The van der Waals surface area contributed by atoms with Crippen LogP contribution in [0.2, 0.25) is 0 Å². The highest BCUT2D eigenvalue weighted by molar-refractivity contribution is 5.89. The predicted octanol–water partition coefficient (Wildman–Crippen LogP) is 9.28. The van der Waals surface area contributed by atoms with Gasteiger partial charge < -0.3 is 0 Å². The quantitative estimate of drug-likeness (QED) is 0.330. The Hall–Kier alpha value is -2.81. The molecule has 0 N–H and O–H groups in total. The number of allylic oxidation sites excluding steroid dienone is 4. The highest BCUT2D eigenvalue weighted by atomic mass is 19.2. The Balaban J connectivity index is 1.60. The van der Waals surface area contributed by atoms with Crippen LogP contribution in [0.15, 0.2) is 66.8 Å². The summed E-state index contributed by atoms with van der Waals surface area (Å²) in [6, 6.07) is 12.7. The third-order valence-corrected chi connectivity index (χ3v) is 6.95. The minimum Gasteiger partial charge on any atom is -0.206 e. The van der Waals surface area contributed by atoms with Gasteiger partial charge in [0.25, 0.3) is 0 Å². The smallest absolute Gasteiger partial charge is 0.170 e. The summed E-state index contributed by atoms with van der Waals surface area (Å²) >= 11 is 0. The fourth-order valence-corrected chi connectivity index (χ4v) is 5.08. The zero-order valence-electron chi connectivity index (χ0n) is 19.4. The first kappa shape index (κ1) is 23.4. The van der Waals surface area contributed by atoms with E-state index >= 15 is 8.78 Å². The molecule has 0 aromatic heterocycles. The van der Waals surface area contributed by atoms with Gasteiger partial charge in [0.1, 0.15) is 5.82 Å². The van der Waals surface area contributed by atoms with Gasteiger partial charge in [-0.15, -0.1) is 0 Å². The standard InChI is InChI=1S/C30H31F3/c1-3-5-6-8-24-17-18-25-19-26(29(32)30(33)27(25)28(24)31)23-15-13-22(14-16-23)21-11-9-20(7-4-2)10-12-21/h3-5,7,13-21H,6,8-12H2,1-2H3/b5-3+,7-4+. The van der Waals surface area contributed by atoms with Gasteiger partial charge in [-0.25, -0.2) is 13.2 Å². The molecule has 33 heavy (non-hydrogen) atoms. The number of benzene rings is 3. The minimum atomic E-state index is -1.11. The molecule has 0 aliphatic heterocycles. The van der Waals surface area contributed by atoms with E-state index in [0.717, 1.165) is 12.8 Å². The van der Waals surface area contributed by atoms with E-state index in [0.29, 0.717) is 41.2 Å². The highest BCUT2D eigenvalue weighted by Gasteiger charge is 2.22. The molecule has 1 aliphatic rings. The first-order chi connectivity index (χ1) is 16.0. The van der Waals surface area contributed by atoms with E-state index < -0.39 is 17.5 Å². The number of fused-ring (bicyclic) bond motifs is 1. The maximum Gasteiger partial charge on any atom is 0.170 e. The molecule has 4 rings (SSSR count). The summed E-state index contributed by atoms with van der Waals surface area (Å²) in [7, 11) is 0. The molecule has 0 amide bonds. The topological polar surface area (TPSA) is 0 Å². The van der Waals surface area contributed by atoms with Crippen molar-refractivity contribution in [2.24, 2.45) is 5.92 Å². The second-order valence-corrected chi connectivity index (χ2v) is 9.06. The summed E-state index contributed by atoms with van der Waals surface area (Å²) < 4.78 is 45.0. The number of aryl methyl sites for hydroxylation is 1. The SMILES string of the molecule is C/C=C/CCc1ccc2cc(-c3ccc(C4CCC(/C=C/C)CC4)cc3)c(F)c(F)c2c1F. The molecule has 1 saturated carbocycles. The Morgan fingerprint density at radius 2 is 1.55 bits per heavy atom. The van der Waals surface area contributed by atoms with Gasteiger partial charge in [0, 0.05) is 5.56 Å². The van der Waals surface area contributed by atoms with Crippen LogP contribution in [-0.4, -0.2) is 0 Å². The maximum atomic E-state index is 15.0. The zero-order chi connectivity index (χ0) is 23.4. The van der Waals surface area contributed by atoms with Crippen molar-refractivity contribution in [2.75, 3.05) is 0 Å². The van der Waals surface area contributed by atoms with Gasteiger partial charge in [0.2, 0.25) is 0 Å². The number of halogens is 3. The average Bonchev–Trinajstić information content (AvgIpc) is 2.83. The van der Waals surface area contributed by atoms with E-state index in [4.69, 9.17) is 0 Å². The van der Waals surface area contributed by atoms with Crippen LogP contribution in [-0.2, 0) is 6.42 Å². The zero-order valence-corrected chi connectivity index (χ0v) is 19.4. The highest BCUT2D eigenvalue weighted by Crippen LogP contribution is 2.38. The molecule has 0 radical (unpaired) electrons. The second-order valence-electron chi connectivity index (χ2n) is 9.06. The largest absolute Gasteiger partial charge is 0.206 e. The van der Waals surface area contributed by atoms with E-state index in [-0.39, 0.29) is 10.9 Å². The van der Waals surface area contributed by atoms with E-state index in [1.807, 2.05) is 43.3 Å². The van der Waals surface area contributed by atoms with Crippen LogP contribution >= 0.6 is 0 Å². The van der Waals surface area contributed by atoms with Crippen molar-refractivity contribution in [3.05, 3.63) is 95.3 Å². The summed E-state index contributed by atoms with van der Waals surface area (Å²) in [5.41, 5.74) is 2.43. The van der Waals surface area contributed by atoms with E-state index in [1.165, 1.54) is 18.4 Å². The van der Waals surface area contributed by atoms with Crippen molar-refractivity contribution in [1.29, 1.82) is 0 Å². The molecule has 1 aliphatic carbocycles. The van der Waals surface area contributed by atoms with E-state index in [1.54, 1.807) is 18.2 Å². The number of hydrogen-bond donors (Lipinski definition) is 0. The normalized spacial score (nSPS) is 19.2. The molecular formula is C30H31F3. The average molecular weight is 449 g/mol. The fourth-order valence-electron chi connectivity index (χ4n) is 5.08. The summed E-state index contributed by atoms with van der Waals surface area (Å²) in [6.45, 7) is 3.97. The molecule has 3 heteroatoms. The lowest BCUT2D eigenvalue weighted by atomic mass is 9.78. The van der Waals surface area contributed by atoms with Gasteiger partial charge in [0.05, 0.1) is 5.39 Å². The van der Waals surface area contributed by atoms with Crippen LogP contribution in [0.3, 0.4) is 0 Å². The summed E-state index contributed by atoms with van der Waals surface area (Å²) in [5.74, 6) is -1.59. The molecule has 1 fully saturated rings. The lowest BCUT2D eigenvalue weighted by molar-refractivity contribution is 0.376. The molecule has 0 nitrogen and oxygen atoms in total. The Labute approximate surface area is 194 Å². The van der Waals surface area contributed by atoms with Crippen LogP contribution in [0, 0.1) is 23.4 Å². The van der Waals surface area contributed by atoms with Crippen molar-refractivity contribution in [3.8, 4) is 11.1 Å². The van der Waals surface area contributed by atoms with Gasteiger partial charge in [0.15, 0.2) is 11.6 Å². The van der Waals surface area contributed by atoms with Crippen LogP contribution in [0.1, 0.15) is 63.0 Å². The summed E-state index contributed by atoms with van der Waals surface area (Å²) in [4.78, 5) is 0. The molecule has 0 saturated heterocycles. The molecule has 172 valence electrons. The van der Waals surface area contributed by atoms with Gasteiger partial charge in [-0.1, -0.05) is 60.7 Å². The van der Waals surface area contributed by atoms with E-state index in [2.05, 4.69) is 19.1 Å². The van der Waals surface area contributed by atoms with Gasteiger partial charge >= 0.3 is 0 Å². The Morgan fingerprint density at radius 3 is 2.21 bits per heavy atom. The summed E-state index contributed by atoms with van der Waals surface area (Å²) in [6.07, 6.45) is 14.0. The summed E-state index contributed by atoms with van der Waals surface area (Å²) in [5, 5.41) is 0.117. The fraction of sp³-hybridized carbons (Fsp3) is 0.333. The number of hydrogen-bond acceptors (Lipinski definition) is 0. The molecular weight excluding hydrogens is 417 g/mol. The van der Waals surface area contributed by atoms with Crippen LogP contribution in [0.5, 0.6) is 0 Å². The van der Waals surface area contributed by atoms with Gasteiger partial charge in [-0.05, 0) is 92.4 Å². The monoisotopic (exact) mass is 448 g/mol. The van der Waals surface area contributed by atoms with Gasteiger partial charge in [-0.3, -0.25) is 0 Å². The molecule has 0 unspecified atom stereocenters. The number of rotatable bonds is 6. The maximum absolute atomic E-state index is 15.0. The Kier molecular flexibility index (Phi) is 7.37. The van der Waals surface area contributed by atoms with Crippen molar-refractivity contribution >= 4 is 10.8 Å². The first-order valence-corrected chi connectivity index (χ1v) is 12.0. The third-order valence-electron chi connectivity index (χ3n) is 6.95. The van der Waals surface area contributed by atoms with E-state index in [9.17, 15) is 4.39 Å². The van der Waals surface area contributed by atoms with Crippen LogP contribution in [0.25, 0.3) is 21.9 Å². The van der Waals surface area contributed by atoms with Crippen molar-refractivity contribution in [2.45, 2.75) is 58.3 Å². The Bertz CT molecular complexity index is 1160. The Morgan fingerprint density at radius 1 is 0.818 bits per heavy atom. The minimum absolute atomic E-state index is 0.171. The molecule has 0 spiro atoms. The third kappa shape index (κ3) is 4.93. The molecule has 3 aromatic carbocycles. The first-order valence-electron chi connectivity index (χ1n) is 12.0. The molecule has 0 atom stereocenters. The lowest BCUT2D eigenvalue weighted by Gasteiger charge is -2.27. The van der Waals surface area contributed by atoms with Gasteiger partial charge in [-0.2, -0.15) is 0 Å².